The Bertz CT molecular complexity index is 617. The second-order valence-electron chi connectivity index (χ2n) is 4.39. The van der Waals surface area contributed by atoms with Crippen LogP contribution in [0.3, 0.4) is 0 Å². The van der Waals surface area contributed by atoms with Gasteiger partial charge in [0.2, 0.25) is 11.7 Å². The molecule has 2 rings (SSSR count). The molecule has 1 amide bonds. The number of nitrogens with two attached hydrogens (primary N) is 1. The molecule has 0 saturated heterocycles. The van der Waals surface area contributed by atoms with E-state index in [2.05, 4.69) is 4.98 Å². The van der Waals surface area contributed by atoms with E-state index in [0.29, 0.717) is 11.3 Å². The fraction of sp³-hybridized carbons (Fsp3) is 0.214. The molecule has 0 saturated carbocycles. The topological polar surface area (TPSA) is 78.0 Å². The number of nitrogens with zero attached hydrogens (tertiary/aromatic N) is 2. The molecule has 0 aliphatic heterocycles. The number of hydrogen-bond acceptors (Lipinski definition) is 3. The summed E-state index contributed by atoms with van der Waals surface area (Å²) in [4.78, 5) is 27.4. The van der Waals surface area contributed by atoms with Crippen LogP contribution in [0.5, 0.6) is 0 Å². The predicted molar refractivity (Wildman–Crippen MR) is 70.7 cm³/mol. The van der Waals surface area contributed by atoms with Crippen molar-refractivity contribution in [3.8, 4) is 0 Å². The summed E-state index contributed by atoms with van der Waals surface area (Å²) in [5.74, 6) is -0.944. The van der Waals surface area contributed by atoms with Crippen molar-refractivity contribution in [3.63, 3.8) is 0 Å². The first-order chi connectivity index (χ1) is 9.02. The lowest BCUT2D eigenvalue weighted by Crippen LogP contribution is -2.21. The Balaban J connectivity index is 2.38. The SMILES string of the molecule is CC(C(N)=O)c1ccc(C(=O)c2ccncc2)n1C. The zero-order valence-electron chi connectivity index (χ0n) is 10.8. The van der Waals surface area contributed by atoms with Gasteiger partial charge in [-0.15, -0.1) is 0 Å². The van der Waals surface area contributed by atoms with Gasteiger partial charge in [-0.25, -0.2) is 0 Å². The molecule has 2 aromatic rings. The molecule has 1 atom stereocenters. The van der Waals surface area contributed by atoms with Crippen molar-refractivity contribution in [2.45, 2.75) is 12.8 Å². The Morgan fingerprint density at radius 3 is 2.42 bits per heavy atom. The standard InChI is InChI=1S/C14H15N3O2/c1-9(14(15)19)11-3-4-12(17(11)2)13(18)10-5-7-16-8-6-10/h3-9H,1-2H3,(H2,15,19). The summed E-state index contributed by atoms with van der Waals surface area (Å²) in [5.41, 5.74) is 7.10. The number of aromatic nitrogens is 2. The first kappa shape index (κ1) is 13.0. The average molecular weight is 257 g/mol. The van der Waals surface area contributed by atoms with E-state index in [9.17, 15) is 9.59 Å². The van der Waals surface area contributed by atoms with E-state index in [1.807, 2.05) is 0 Å². The molecule has 0 bridgehead atoms. The highest BCUT2D eigenvalue weighted by molar-refractivity contribution is 6.08. The molecule has 2 heterocycles. The number of hydrogen-bond donors (Lipinski definition) is 1. The van der Waals surface area contributed by atoms with Crippen LogP contribution in [0.1, 0.15) is 34.6 Å². The van der Waals surface area contributed by atoms with Gasteiger partial charge in [0.15, 0.2) is 0 Å². The molecule has 0 aromatic carbocycles. The molecule has 0 spiro atoms. The van der Waals surface area contributed by atoms with Crippen molar-refractivity contribution >= 4 is 11.7 Å². The number of amides is 1. The number of ketones is 1. The van der Waals surface area contributed by atoms with Gasteiger partial charge in [-0.2, -0.15) is 0 Å². The molecule has 0 aliphatic rings. The molecule has 1 unspecified atom stereocenters. The maximum Gasteiger partial charge on any atom is 0.226 e. The van der Waals surface area contributed by atoms with Gasteiger partial charge in [0.25, 0.3) is 0 Å². The lowest BCUT2D eigenvalue weighted by atomic mass is 10.1. The van der Waals surface area contributed by atoms with Crippen LogP contribution in [-0.4, -0.2) is 21.2 Å². The van der Waals surface area contributed by atoms with Gasteiger partial charge in [0, 0.05) is 30.7 Å². The van der Waals surface area contributed by atoms with Crippen molar-refractivity contribution in [3.05, 3.63) is 53.6 Å². The average Bonchev–Trinajstić information content (AvgIpc) is 2.79. The smallest absolute Gasteiger partial charge is 0.226 e. The highest BCUT2D eigenvalue weighted by Gasteiger charge is 2.20. The van der Waals surface area contributed by atoms with Crippen molar-refractivity contribution in [2.75, 3.05) is 0 Å². The molecule has 98 valence electrons. The zero-order chi connectivity index (χ0) is 14.0. The lowest BCUT2D eigenvalue weighted by Gasteiger charge is -2.11. The highest BCUT2D eigenvalue weighted by Crippen LogP contribution is 2.19. The van der Waals surface area contributed by atoms with Crippen LogP contribution in [0, 0.1) is 0 Å². The van der Waals surface area contributed by atoms with Crippen molar-refractivity contribution < 1.29 is 9.59 Å². The Morgan fingerprint density at radius 2 is 1.84 bits per heavy atom. The van der Waals surface area contributed by atoms with Crippen LogP contribution in [0.25, 0.3) is 0 Å². The van der Waals surface area contributed by atoms with Gasteiger partial charge in [-0.05, 0) is 31.2 Å². The van der Waals surface area contributed by atoms with Gasteiger partial charge in [-0.3, -0.25) is 14.6 Å². The molecule has 5 heteroatoms. The van der Waals surface area contributed by atoms with Gasteiger partial charge in [0.05, 0.1) is 11.6 Å². The first-order valence-corrected chi connectivity index (χ1v) is 5.92. The fourth-order valence-corrected chi connectivity index (χ4v) is 1.99. The van der Waals surface area contributed by atoms with Gasteiger partial charge >= 0.3 is 0 Å². The van der Waals surface area contributed by atoms with Crippen molar-refractivity contribution in [1.82, 2.24) is 9.55 Å². The van der Waals surface area contributed by atoms with Crippen LogP contribution >= 0.6 is 0 Å². The van der Waals surface area contributed by atoms with Crippen LogP contribution in [0.15, 0.2) is 36.7 Å². The molecule has 2 N–H and O–H groups in total. The fourth-order valence-electron chi connectivity index (χ4n) is 1.99. The minimum atomic E-state index is -0.427. The van der Waals surface area contributed by atoms with Gasteiger partial charge < -0.3 is 10.3 Å². The minimum Gasteiger partial charge on any atom is -0.369 e. The summed E-state index contributed by atoms with van der Waals surface area (Å²) in [5, 5.41) is 0. The predicted octanol–water partition coefficient (Wildman–Crippen LogP) is 1.24. The minimum absolute atomic E-state index is 0.104. The van der Waals surface area contributed by atoms with Crippen LogP contribution in [0.2, 0.25) is 0 Å². The first-order valence-electron chi connectivity index (χ1n) is 5.92. The third-order valence-electron chi connectivity index (χ3n) is 3.21. The Morgan fingerprint density at radius 1 is 1.21 bits per heavy atom. The Labute approximate surface area is 111 Å². The summed E-state index contributed by atoms with van der Waals surface area (Å²) >= 11 is 0. The molecular formula is C14H15N3O2. The maximum absolute atomic E-state index is 12.3. The van der Waals surface area contributed by atoms with Crippen molar-refractivity contribution in [1.29, 1.82) is 0 Å². The molecule has 0 radical (unpaired) electrons. The third kappa shape index (κ3) is 2.40. The van der Waals surface area contributed by atoms with E-state index in [0.717, 1.165) is 5.69 Å². The zero-order valence-corrected chi connectivity index (χ0v) is 10.8. The summed E-state index contributed by atoms with van der Waals surface area (Å²) in [6.07, 6.45) is 3.15. The second kappa shape index (κ2) is 5.06. The number of rotatable bonds is 4. The molecule has 19 heavy (non-hydrogen) atoms. The van der Waals surface area contributed by atoms with Crippen LogP contribution in [0.4, 0.5) is 0 Å². The van der Waals surface area contributed by atoms with E-state index < -0.39 is 11.8 Å². The molecule has 0 aliphatic carbocycles. The largest absolute Gasteiger partial charge is 0.369 e. The van der Waals surface area contributed by atoms with E-state index in [1.165, 1.54) is 0 Å². The lowest BCUT2D eigenvalue weighted by molar-refractivity contribution is -0.119. The Kier molecular flexibility index (Phi) is 3.46. The number of primary amides is 1. The number of pyridine rings is 1. The van der Waals surface area contributed by atoms with Crippen molar-refractivity contribution in [2.24, 2.45) is 12.8 Å². The number of carbonyl (C=O) groups excluding carboxylic acids is 2. The summed E-state index contributed by atoms with van der Waals surface area (Å²) < 4.78 is 1.71. The molecule has 5 nitrogen and oxygen atoms in total. The quantitative estimate of drug-likeness (QED) is 0.837. The van der Waals surface area contributed by atoms with E-state index in [-0.39, 0.29) is 5.78 Å². The Hall–Kier alpha value is -2.43. The summed E-state index contributed by atoms with van der Waals surface area (Å²) in [6.45, 7) is 1.72. The molecular weight excluding hydrogens is 242 g/mol. The maximum atomic E-state index is 12.3. The highest BCUT2D eigenvalue weighted by atomic mass is 16.1. The van der Waals surface area contributed by atoms with Gasteiger partial charge in [-0.1, -0.05) is 0 Å². The monoisotopic (exact) mass is 257 g/mol. The van der Waals surface area contributed by atoms with E-state index in [1.54, 1.807) is 55.2 Å². The third-order valence-corrected chi connectivity index (χ3v) is 3.21. The molecule has 0 fully saturated rings. The van der Waals surface area contributed by atoms with E-state index in [4.69, 9.17) is 5.73 Å². The van der Waals surface area contributed by atoms with Gasteiger partial charge in [0.1, 0.15) is 0 Å². The van der Waals surface area contributed by atoms with E-state index >= 15 is 0 Å². The number of carbonyl (C=O) groups is 2. The van der Waals surface area contributed by atoms with Crippen LogP contribution in [-0.2, 0) is 11.8 Å². The molecule has 2 aromatic heterocycles. The summed E-state index contributed by atoms with van der Waals surface area (Å²) in [6, 6.07) is 6.78. The second-order valence-corrected chi connectivity index (χ2v) is 4.39. The van der Waals surface area contributed by atoms with Crippen LogP contribution < -0.4 is 5.73 Å². The normalized spacial score (nSPS) is 12.1. The summed E-state index contributed by atoms with van der Waals surface area (Å²) in [7, 11) is 1.75.